The maximum absolute atomic E-state index is 5.94. The molecular formula is C13H14ClN3O. The van der Waals surface area contributed by atoms with Gasteiger partial charge in [-0.3, -0.25) is 0 Å². The van der Waals surface area contributed by atoms with Gasteiger partial charge in [-0.25, -0.2) is 9.97 Å². The Balaban J connectivity index is 2.16. The minimum absolute atomic E-state index is 0.462. The van der Waals surface area contributed by atoms with E-state index in [-0.39, 0.29) is 0 Å². The van der Waals surface area contributed by atoms with Crippen LogP contribution in [0.1, 0.15) is 11.1 Å². The third-order valence-corrected chi connectivity index (χ3v) is 2.93. The molecule has 18 heavy (non-hydrogen) atoms. The van der Waals surface area contributed by atoms with Gasteiger partial charge in [0.25, 0.3) is 0 Å². The first kappa shape index (κ1) is 12.8. The topological polar surface area (TPSA) is 47.0 Å². The second kappa shape index (κ2) is 5.80. The van der Waals surface area contributed by atoms with Gasteiger partial charge in [-0.2, -0.15) is 0 Å². The van der Waals surface area contributed by atoms with E-state index in [9.17, 15) is 0 Å². The summed E-state index contributed by atoms with van der Waals surface area (Å²) in [5, 5.41) is 3.67. The molecule has 2 aromatic rings. The summed E-state index contributed by atoms with van der Waals surface area (Å²) in [5.74, 6) is 0.717. The van der Waals surface area contributed by atoms with Crippen LogP contribution in [0.2, 0.25) is 5.15 Å². The molecule has 0 spiro atoms. The number of hydrogen-bond acceptors (Lipinski definition) is 4. The first-order valence-electron chi connectivity index (χ1n) is 5.52. The van der Waals surface area contributed by atoms with Gasteiger partial charge in [-0.1, -0.05) is 23.7 Å². The van der Waals surface area contributed by atoms with Gasteiger partial charge in [0, 0.05) is 18.4 Å². The molecule has 94 valence electrons. The van der Waals surface area contributed by atoms with Crippen LogP contribution >= 0.6 is 11.6 Å². The molecule has 0 aliphatic rings. The first-order chi connectivity index (χ1) is 8.70. The van der Waals surface area contributed by atoms with Gasteiger partial charge in [0.05, 0.1) is 6.61 Å². The molecule has 1 heterocycles. The quantitative estimate of drug-likeness (QED) is 0.860. The minimum Gasteiger partial charge on any atom is -0.380 e. The number of anilines is 2. The fourth-order valence-corrected chi connectivity index (χ4v) is 1.68. The molecule has 1 N–H and O–H groups in total. The number of ether oxygens (including phenoxy) is 1. The van der Waals surface area contributed by atoms with Crippen molar-refractivity contribution in [2.24, 2.45) is 0 Å². The molecule has 0 unspecified atom stereocenters. The molecule has 0 amide bonds. The fraction of sp³-hybridized carbons (Fsp3) is 0.231. The molecule has 2 rings (SSSR count). The highest BCUT2D eigenvalue weighted by Gasteiger charge is 2.04. The number of rotatable bonds is 4. The van der Waals surface area contributed by atoms with Crippen LogP contribution in [0, 0.1) is 6.92 Å². The third kappa shape index (κ3) is 2.97. The molecule has 0 fully saturated rings. The lowest BCUT2D eigenvalue weighted by Gasteiger charge is -2.09. The van der Waals surface area contributed by atoms with Gasteiger partial charge in [-0.15, -0.1) is 0 Å². The fourth-order valence-electron chi connectivity index (χ4n) is 1.54. The molecule has 0 radical (unpaired) electrons. The van der Waals surface area contributed by atoms with E-state index in [2.05, 4.69) is 15.3 Å². The molecule has 0 saturated carbocycles. The zero-order chi connectivity index (χ0) is 13.0. The Morgan fingerprint density at radius 2 is 1.94 bits per heavy atom. The van der Waals surface area contributed by atoms with E-state index in [0.717, 1.165) is 22.6 Å². The van der Waals surface area contributed by atoms with E-state index in [4.69, 9.17) is 16.3 Å². The molecular weight excluding hydrogens is 250 g/mol. The van der Waals surface area contributed by atoms with Crippen molar-refractivity contribution in [1.29, 1.82) is 0 Å². The van der Waals surface area contributed by atoms with Crippen molar-refractivity contribution in [2.45, 2.75) is 13.5 Å². The number of nitrogens with one attached hydrogen (secondary N) is 1. The average Bonchev–Trinajstić information content (AvgIpc) is 2.38. The van der Waals surface area contributed by atoms with Crippen LogP contribution in [0.5, 0.6) is 0 Å². The van der Waals surface area contributed by atoms with Gasteiger partial charge in [-0.05, 0) is 24.6 Å². The van der Waals surface area contributed by atoms with Crippen molar-refractivity contribution < 1.29 is 4.74 Å². The van der Waals surface area contributed by atoms with Crippen molar-refractivity contribution in [3.8, 4) is 0 Å². The average molecular weight is 264 g/mol. The van der Waals surface area contributed by atoms with E-state index in [1.807, 2.05) is 31.2 Å². The summed E-state index contributed by atoms with van der Waals surface area (Å²) >= 11 is 5.94. The van der Waals surface area contributed by atoms with Gasteiger partial charge in [0.15, 0.2) is 0 Å². The van der Waals surface area contributed by atoms with Crippen LogP contribution in [0.15, 0.2) is 30.6 Å². The molecule has 4 nitrogen and oxygen atoms in total. The third-order valence-electron chi connectivity index (χ3n) is 2.55. The molecule has 1 aromatic carbocycles. The Morgan fingerprint density at radius 1 is 1.22 bits per heavy atom. The van der Waals surface area contributed by atoms with E-state index >= 15 is 0 Å². The summed E-state index contributed by atoms with van der Waals surface area (Å²) in [6.07, 6.45) is 1.44. The molecule has 1 aromatic heterocycles. The highest BCUT2D eigenvalue weighted by atomic mass is 35.5. The largest absolute Gasteiger partial charge is 0.380 e. The predicted octanol–water partition coefficient (Wildman–Crippen LogP) is 3.33. The summed E-state index contributed by atoms with van der Waals surface area (Å²) in [7, 11) is 1.68. The summed E-state index contributed by atoms with van der Waals surface area (Å²) in [6.45, 7) is 2.49. The summed E-state index contributed by atoms with van der Waals surface area (Å²) in [6, 6.07) is 7.96. The summed E-state index contributed by atoms with van der Waals surface area (Å²) < 4.78 is 5.06. The monoisotopic (exact) mass is 263 g/mol. The van der Waals surface area contributed by atoms with Crippen LogP contribution in [0.4, 0.5) is 11.5 Å². The van der Waals surface area contributed by atoms with Gasteiger partial charge in [0.1, 0.15) is 17.3 Å². The van der Waals surface area contributed by atoms with E-state index in [1.165, 1.54) is 6.33 Å². The van der Waals surface area contributed by atoms with Crippen molar-refractivity contribution in [3.63, 3.8) is 0 Å². The Morgan fingerprint density at radius 3 is 2.61 bits per heavy atom. The summed E-state index contributed by atoms with van der Waals surface area (Å²) in [4.78, 5) is 8.08. The Bertz CT molecular complexity index is 528. The van der Waals surface area contributed by atoms with Crippen LogP contribution in [-0.2, 0) is 11.3 Å². The Labute approximate surface area is 111 Å². The second-order valence-corrected chi connectivity index (χ2v) is 4.25. The van der Waals surface area contributed by atoms with Gasteiger partial charge >= 0.3 is 0 Å². The second-order valence-electron chi connectivity index (χ2n) is 3.89. The lowest BCUT2D eigenvalue weighted by molar-refractivity contribution is 0.185. The van der Waals surface area contributed by atoms with E-state index in [0.29, 0.717) is 11.8 Å². The van der Waals surface area contributed by atoms with E-state index < -0.39 is 0 Å². The van der Waals surface area contributed by atoms with Crippen molar-refractivity contribution in [2.75, 3.05) is 12.4 Å². The van der Waals surface area contributed by atoms with Crippen LogP contribution in [0.3, 0.4) is 0 Å². The standard InChI is InChI=1S/C13H14ClN3O/c1-9-12(14)15-8-16-13(9)17-11-5-3-10(4-6-11)7-18-2/h3-6,8H,7H2,1-2H3,(H,15,16,17). The van der Waals surface area contributed by atoms with Crippen molar-refractivity contribution >= 4 is 23.1 Å². The maximum Gasteiger partial charge on any atom is 0.138 e. The normalized spacial score (nSPS) is 10.4. The highest BCUT2D eigenvalue weighted by molar-refractivity contribution is 6.30. The molecule has 5 heteroatoms. The number of hydrogen-bond donors (Lipinski definition) is 1. The molecule has 0 bridgehead atoms. The predicted molar refractivity (Wildman–Crippen MR) is 72.2 cm³/mol. The molecule has 0 aliphatic heterocycles. The lowest BCUT2D eigenvalue weighted by atomic mass is 10.2. The van der Waals surface area contributed by atoms with Crippen molar-refractivity contribution in [1.82, 2.24) is 9.97 Å². The molecule has 0 atom stereocenters. The SMILES string of the molecule is COCc1ccc(Nc2ncnc(Cl)c2C)cc1. The van der Waals surface area contributed by atoms with Crippen LogP contribution in [-0.4, -0.2) is 17.1 Å². The minimum atomic E-state index is 0.462. The smallest absolute Gasteiger partial charge is 0.138 e. The first-order valence-corrected chi connectivity index (χ1v) is 5.90. The Kier molecular flexibility index (Phi) is 4.12. The number of methoxy groups -OCH3 is 1. The number of aromatic nitrogens is 2. The van der Waals surface area contributed by atoms with E-state index in [1.54, 1.807) is 7.11 Å². The Hall–Kier alpha value is -1.65. The highest BCUT2D eigenvalue weighted by Crippen LogP contribution is 2.22. The lowest BCUT2D eigenvalue weighted by Crippen LogP contribution is -1.98. The summed E-state index contributed by atoms with van der Waals surface area (Å²) in [5.41, 5.74) is 2.91. The van der Waals surface area contributed by atoms with Crippen molar-refractivity contribution in [3.05, 3.63) is 46.9 Å². The zero-order valence-electron chi connectivity index (χ0n) is 10.3. The van der Waals surface area contributed by atoms with Crippen LogP contribution in [0.25, 0.3) is 0 Å². The van der Waals surface area contributed by atoms with Gasteiger partial charge < -0.3 is 10.1 Å². The number of nitrogens with zero attached hydrogens (tertiary/aromatic N) is 2. The number of benzene rings is 1. The maximum atomic E-state index is 5.94. The molecule has 0 saturated heterocycles. The molecule has 0 aliphatic carbocycles. The zero-order valence-corrected chi connectivity index (χ0v) is 11.0. The van der Waals surface area contributed by atoms with Gasteiger partial charge in [0.2, 0.25) is 0 Å². The van der Waals surface area contributed by atoms with Crippen LogP contribution < -0.4 is 5.32 Å². The number of halogens is 1.